The monoisotopic (exact) mass is 258 g/mol. The number of hydrogen-bond acceptors (Lipinski definition) is 2. The maximum atomic E-state index is 12.7. The van der Waals surface area contributed by atoms with Crippen LogP contribution >= 0.6 is 0 Å². The lowest BCUT2D eigenvalue weighted by Crippen LogP contribution is -2.07. The van der Waals surface area contributed by atoms with Crippen molar-refractivity contribution in [2.75, 3.05) is 5.32 Å². The van der Waals surface area contributed by atoms with Crippen molar-refractivity contribution >= 4 is 5.69 Å². The summed E-state index contributed by atoms with van der Waals surface area (Å²) in [7, 11) is 0. The second-order valence-corrected chi connectivity index (χ2v) is 5.06. The van der Waals surface area contributed by atoms with Crippen molar-refractivity contribution in [1.29, 1.82) is 0 Å². The molecule has 1 aromatic heterocycles. The van der Waals surface area contributed by atoms with E-state index in [0.29, 0.717) is 5.92 Å². The Kier molecular flexibility index (Phi) is 4.15. The van der Waals surface area contributed by atoms with Crippen molar-refractivity contribution in [3.05, 3.63) is 59.7 Å². The second-order valence-electron chi connectivity index (χ2n) is 5.06. The fourth-order valence-corrected chi connectivity index (χ4v) is 1.96. The molecule has 2 aromatic rings. The molecule has 0 saturated heterocycles. The van der Waals surface area contributed by atoms with Gasteiger partial charge in [0.2, 0.25) is 5.95 Å². The van der Waals surface area contributed by atoms with E-state index < -0.39 is 5.95 Å². The highest BCUT2D eigenvalue weighted by molar-refractivity contribution is 5.43. The van der Waals surface area contributed by atoms with E-state index in [1.165, 1.54) is 23.4 Å². The minimum Gasteiger partial charge on any atom is -0.377 e. The second kappa shape index (κ2) is 5.83. The van der Waals surface area contributed by atoms with Gasteiger partial charge >= 0.3 is 0 Å². The van der Waals surface area contributed by atoms with E-state index in [1.807, 2.05) is 0 Å². The van der Waals surface area contributed by atoms with Crippen molar-refractivity contribution < 1.29 is 4.39 Å². The molecule has 100 valence electrons. The summed E-state index contributed by atoms with van der Waals surface area (Å²) in [5.41, 5.74) is 3.36. The van der Waals surface area contributed by atoms with E-state index in [0.717, 1.165) is 5.69 Å². The molecule has 3 heteroatoms. The first-order chi connectivity index (χ1) is 9.06. The van der Waals surface area contributed by atoms with E-state index in [9.17, 15) is 4.39 Å². The Morgan fingerprint density at radius 2 is 1.58 bits per heavy atom. The molecule has 2 nitrogen and oxygen atoms in total. The van der Waals surface area contributed by atoms with Crippen molar-refractivity contribution in [2.45, 2.75) is 32.7 Å². The molecule has 0 aliphatic carbocycles. The van der Waals surface area contributed by atoms with Gasteiger partial charge in [0.1, 0.15) is 0 Å². The maximum Gasteiger partial charge on any atom is 0.212 e. The summed E-state index contributed by atoms with van der Waals surface area (Å²) < 4.78 is 12.7. The van der Waals surface area contributed by atoms with Crippen molar-refractivity contribution in [2.24, 2.45) is 0 Å². The molecule has 0 amide bonds. The van der Waals surface area contributed by atoms with Gasteiger partial charge in [0.25, 0.3) is 0 Å². The molecular weight excluding hydrogens is 239 g/mol. The zero-order chi connectivity index (χ0) is 13.8. The lowest BCUT2D eigenvalue weighted by molar-refractivity contribution is 0.584. The predicted molar refractivity (Wildman–Crippen MR) is 76.8 cm³/mol. The van der Waals surface area contributed by atoms with E-state index in [4.69, 9.17) is 0 Å². The molecule has 0 radical (unpaired) electrons. The van der Waals surface area contributed by atoms with E-state index in [-0.39, 0.29) is 6.04 Å². The molecule has 0 saturated carbocycles. The summed E-state index contributed by atoms with van der Waals surface area (Å²) in [5.74, 6) is 0.0816. The number of benzene rings is 1. The maximum absolute atomic E-state index is 12.7. The normalized spacial score (nSPS) is 12.5. The summed E-state index contributed by atoms with van der Waals surface area (Å²) >= 11 is 0. The fourth-order valence-electron chi connectivity index (χ4n) is 1.96. The highest BCUT2D eigenvalue weighted by Crippen LogP contribution is 2.21. The van der Waals surface area contributed by atoms with Crippen LogP contribution < -0.4 is 5.32 Å². The molecule has 1 N–H and O–H groups in total. The van der Waals surface area contributed by atoms with Gasteiger partial charge in [-0.2, -0.15) is 4.39 Å². The topological polar surface area (TPSA) is 24.9 Å². The molecule has 1 atom stereocenters. The largest absolute Gasteiger partial charge is 0.377 e. The lowest BCUT2D eigenvalue weighted by atomic mass is 9.99. The number of hydrogen-bond donors (Lipinski definition) is 1. The number of halogens is 1. The average Bonchev–Trinajstić information content (AvgIpc) is 2.41. The molecule has 0 aliphatic rings. The minimum atomic E-state index is -0.459. The molecule has 0 spiro atoms. The van der Waals surface area contributed by atoms with E-state index in [1.54, 1.807) is 6.07 Å². The molecule has 19 heavy (non-hydrogen) atoms. The zero-order valence-electron chi connectivity index (χ0n) is 11.5. The highest BCUT2D eigenvalue weighted by atomic mass is 19.1. The van der Waals surface area contributed by atoms with Gasteiger partial charge in [-0.25, -0.2) is 4.98 Å². The highest BCUT2D eigenvalue weighted by Gasteiger charge is 2.06. The third-order valence-corrected chi connectivity index (χ3v) is 3.21. The van der Waals surface area contributed by atoms with Crippen LogP contribution in [0.2, 0.25) is 0 Å². The van der Waals surface area contributed by atoms with Gasteiger partial charge in [0.05, 0.1) is 11.9 Å². The Hall–Kier alpha value is -1.90. The van der Waals surface area contributed by atoms with Gasteiger partial charge in [0, 0.05) is 6.04 Å². The number of nitrogens with zero attached hydrogens (tertiary/aromatic N) is 1. The fraction of sp³-hybridized carbons (Fsp3) is 0.312. The molecule has 0 aliphatic heterocycles. The van der Waals surface area contributed by atoms with Crippen molar-refractivity contribution in [3.63, 3.8) is 0 Å². The number of nitrogens with one attached hydrogen (secondary N) is 1. The minimum absolute atomic E-state index is 0.161. The van der Waals surface area contributed by atoms with Crippen LogP contribution in [-0.2, 0) is 0 Å². The number of pyridine rings is 1. The predicted octanol–water partition coefficient (Wildman–Crippen LogP) is 4.52. The summed E-state index contributed by atoms with van der Waals surface area (Å²) in [6.07, 6.45) is 1.51. The van der Waals surface area contributed by atoms with Gasteiger partial charge in [-0.1, -0.05) is 38.1 Å². The third kappa shape index (κ3) is 3.53. The van der Waals surface area contributed by atoms with Crippen LogP contribution in [0.3, 0.4) is 0 Å². The Balaban J connectivity index is 2.07. The van der Waals surface area contributed by atoms with Gasteiger partial charge in [-0.15, -0.1) is 0 Å². The Bertz CT molecular complexity index is 517. The average molecular weight is 258 g/mol. The van der Waals surface area contributed by atoms with Crippen molar-refractivity contribution in [3.8, 4) is 0 Å². The summed E-state index contributed by atoms with van der Waals surface area (Å²) in [5, 5.41) is 3.30. The van der Waals surface area contributed by atoms with Gasteiger partial charge in [0.15, 0.2) is 0 Å². The summed E-state index contributed by atoms with van der Waals surface area (Å²) in [6.45, 7) is 6.44. The Morgan fingerprint density at radius 1 is 0.947 bits per heavy atom. The van der Waals surface area contributed by atoms with Gasteiger partial charge in [-0.05, 0) is 36.1 Å². The van der Waals surface area contributed by atoms with Gasteiger partial charge in [-0.3, -0.25) is 0 Å². The number of rotatable bonds is 4. The van der Waals surface area contributed by atoms with Gasteiger partial charge < -0.3 is 5.32 Å². The van der Waals surface area contributed by atoms with Crippen LogP contribution in [0.1, 0.15) is 43.9 Å². The number of anilines is 1. The molecule has 1 unspecified atom stereocenters. The molecule has 0 fully saturated rings. The Labute approximate surface area is 113 Å². The molecule has 1 aromatic carbocycles. The van der Waals surface area contributed by atoms with Crippen LogP contribution in [-0.4, -0.2) is 4.98 Å². The van der Waals surface area contributed by atoms with Crippen LogP contribution in [0, 0.1) is 5.95 Å². The van der Waals surface area contributed by atoms with Crippen molar-refractivity contribution in [1.82, 2.24) is 4.98 Å². The first kappa shape index (κ1) is 13.5. The zero-order valence-corrected chi connectivity index (χ0v) is 11.5. The quantitative estimate of drug-likeness (QED) is 0.816. The number of aromatic nitrogens is 1. The standard InChI is InChI=1S/C16H19FN2/c1-11(2)13-4-6-14(7-5-13)12(3)19-15-8-9-16(17)18-10-15/h4-12,19H,1-3H3. The van der Waals surface area contributed by atoms with Crippen LogP contribution in [0.25, 0.3) is 0 Å². The third-order valence-electron chi connectivity index (χ3n) is 3.21. The van der Waals surface area contributed by atoms with Crippen LogP contribution in [0.4, 0.5) is 10.1 Å². The lowest BCUT2D eigenvalue weighted by Gasteiger charge is -2.16. The van der Waals surface area contributed by atoms with E-state index >= 15 is 0 Å². The SMILES string of the molecule is CC(C)c1ccc(C(C)Nc2ccc(F)nc2)cc1. The smallest absolute Gasteiger partial charge is 0.212 e. The van der Waals surface area contributed by atoms with E-state index in [2.05, 4.69) is 55.3 Å². The van der Waals surface area contributed by atoms with Crippen LogP contribution in [0.15, 0.2) is 42.6 Å². The molecule has 0 bridgehead atoms. The first-order valence-corrected chi connectivity index (χ1v) is 6.54. The molecule has 1 heterocycles. The Morgan fingerprint density at radius 3 is 2.11 bits per heavy atom. The van der Waals surface area contributed by atoms with Crippen LogP contribution in [0.5, 0.6) is 0 Å². The summed E-state index contributed by atoms with van der Waals surface area (Å²) in [6, 6.07) is 11.8. The first-order valence-electron chi connectivity index (χ1n) is 6.54. The summed E-state index contributed by atoms with van der Waals surface area (Å²) in [4.78, 5) is 3.63. The molecular formula is C16H19FN2. The molecule has 2 rings (SSSR count).